The zero-order chi connectivity index (χ0) is 22.1. The molecule has 0 saturated carbocycles. The Morgan fingerprint density at radius 3 is 2.28 bits per heavy atom. The third kappa shape index (κ3) is 7.77. The first-order valence-electron chi connectivity index (χ1n) is 10.4. The van der Waals surface area contributed by atoms with Gasteiger partial charge in [-0.25, -0.2) is 4.39 Å². The van der Waals surface area contributed by atoms with Crippen LogP contribution in [0.25, 0.3) is 0 Å². The minimum Gasteiger partial charge on any atom is -0.355 e. The molecule has 0 aliphatic carbocycles. The summed E-state index contributed by atoms with van der Waals surface area (Å²) in [7, 11) is 1.69. The lowest BCUT2D eigenvalue weighted by Crippen LogP contribution is -2.41. The van der Waals surface area contributed by atoms with E-state index in [1.807, 2.05) is 29.2 Å². The largest absolute Gasteiger partial charge is 0.355 e. The Balaban J connectivity index is 0.00000363. The van der Waals surface area contributed by atoms with Crippen molar-refractivity contribution in [3.8, 4) is 0 Å². The molecule has 3 N–H and O–H groups in total. The van der Waals surface area contributed by atoms with Crippen LogP contribution in [0.15, 0.2) is 53.5 Å². The second kappa shape index (κ2) is 13.0. The van der Waals surface area contributed by atoms with Crippen molar-refractivity contribution in [2.45, 2.75) is 25.8 Å². The first-order chi connectivity index (χ1) is 15.0. The number of carbonyl (C=O) groups excluding carboxylic acids is 2. The highest BCUT2D eigenvalue weighted by Crippen LogP contribution is 2.21. The van der Waals surface area contributed by atoms with Gasteiger partial charge in [-0.1, -0.05) is 24.3 Å². The molecule has 0 unspecified atom stereocenters. The van der Waals surface area contributed by atoms with Crippen LogP contribution in [0.4, 0.5) is 10.1 Å². The number of rotatable bonds is 8. The minimum atomic E-state index is -0.315. The van der Waals surface area contributed by atoms with Crippen LogP contribution in [0.3, 0.4) is 0 Å². The molecule has 2 aromatic rings. The maximum atomic E-state index is 12.9. The van der Waals surface area contributed by atoms with Crippen LogP contribution < -0.4 is 20.9 Å². The summed E-state index contributed by atoms with van der Waals surface area (Å²) in [5, 5.41) is 9.20. The topological polar surface area (TPSA) is 85.8 Å². The molecule has 1 aliphatic rings. The van der Waals surface area contributed by atoms with Gasteiger partial charge in [0.2, 0.25) is 11.8 Å². The molecule has 0 atom stereocenters. The average molecular weight is 553 g/mol. The molecule has 2 aromatic carbocycles. The molecule has 2 amide bonds. The van der Waals surface area contributed by atoms with Gasteiger partial charge in [-0.3, -0.25) is 14.6 Å². The summed E-state index contributed by atoms with van der Waals surface area (Å²) in [5.74, 6) is 0.379. The molecule has 0 aromatic heterocycles. The van der Waals surface area contributed by atoms with Crippen molar-refractivity contribution >= 4 is 47.4 Å². The van der Waals surface area contributed by atoms with Gasteiger partial charge < -0.3 is 20.9 Å². The van der Waals surface area contributed by atoms with E-state index in [4.69, 9.17) is 0 Å². The lowest BCUT2D eigenvalue weighted by Gasteiger charge is -2.16. The normalized spacial score (nSPS) is 13.5. The van der Waals surface area contributed by atoms with E-state index in [0.29, 0.717) is 32.0 Å². The number of amides is 2. The van der Waals surface area contributed by atoms with Crippen molar-refractivity contribution in [3.05, 3.63) is 65.5 Å². The molecule has 1 fully saturated rings. The van der Waals surface area contributed by atoms with E-state index in [1.165, 1.54) is 12.1 Å². The summed E-state index contributed by atoms with van der Waals surface area (Å²) in [4.78, 5) is 29.8. The van der Waals surface area contributed by atoms with E-state index in [2.05, 4.69) is 20.9 Å². The molecular formula is C23H29FIN5O2. The Morgan fingerprint density at radius 2 is 1.66 bits per heavy atom. The van der Waals surface area contributed by atoms with Crippen molar-refractivity contribution < 1.29 is 14.0 Å². The SMILES string of the molecule is CN=C(NCCNC(=O)Cc1ccc(F)cc1)NCc1ccc(N2CCCC2=O)cc1.I. The van der Waals surface area contributed by atoms with Crippen LogP contribution in [0.5, 0.6) is 0 Å². The third-order valence-electron chi connectivity index (χ3n) is 5.02. The predicted molar refractivity (Wildman–Crippen MR) is 135 cm³/mol. The lowest BCUT2D eigenvalue weighted by molar-refractivity contribution is -0.120. The van der Waals surface area contributed by atoms with E-state index < -0.39 is 0 Å². The van der Waals surface area contributed by atoms with Gasteiger partial charge in [0.1, 0.15) is 5.82 Å². The first kappa shape index (κ1) is 25.6. The zero-order valence-electron chi connectivity index (χ0n) is 18.1. The highest BCUT2D eigenvalue weighted by molar-refractivity contribution is 14.0. The number of halogens is 2. The maximum Gasteiger partial charge on any atom is 0.227 e. The van der Waals surface area contributed by atoms with Gasteiger partial charge in [0.05, 0.1) is 6.42 Å². The summed E-state index contributed by atoms with van der Waals surface area (Å²) in [6, 6.07) is 13.8. The van der Waals surface area contributed by atoms with Gasteiger partial charge in [-0.05, 0) is 41.8 Å². The third-order valence-corrected chi connectivity index (χ3v) is 5.02. The van der Waals surface area contributed by atoms with Gasteiger partial charge in [0, 0.05) is 45.3 Å². The highest BCUT2D eigenvalue weighted by atomic mass is 127. The fraction of sp³-hybridized carbons (Fsp3) is 0.348. The molecule has 32 heavy (non-hydrogen) atoms. The van der Waals surface area contributed by atoms with Crippen LogP contribution in [0, 0.1) is 5.82 Å². The summed E-state index contributed by atoms with van der Waals surface area (Å²) in [6.45, 7) is 2.34. The quantitative estimate of drug-likeness (QED) is 0.203. The van der Waals surface area contributed by atoms with Crippen molar-refractivity contribution in [3.63, 3.8) is 0 Å². The van der Waals surface area contributed by atoms with Gasteiger partial charge in [0.25, 0.3) is 0 Å². The number of carbonyl (C=O) groups is 2. The number of benzene rings is 2. The molecule has 0 bridgehead atoms. The predicted octanol–water partition coefficient (Wildman–Crippen LogP) is 2.59. The van der Waals surface area contributed by atoms with Crippen molar-refractivity contribution in [2.75, 3.05) is 31.6 Å². The Kier molecular flexibility index (Phi) is 10.4. The Bertz CT molecular complexity index is 919. The van der Waals surface area contributed by atoms with E-state index >= 15 is 0 Å². The van der Waals surface area contributed by atoms with Crippen LogP contribution in [0.1, 0.15) is 24.0 Å². The standard InChI is InChI=1S/C23H28FN5O2.HI/c1-25-23(27-13-12-26-21(30)15-17-4-8-19(24)9-5-17)28-16-18-6-10-20(11-7-18)29-14-2-3-22(29)31;/h4-11H,2-3,12-16H2,1H3,(H,26,30)(H2,25,27,28);1H. The Morgan fingerprint density at radius 1 is 1.00 bits per heavy atom. The van der Waals surface area contributed by atoms with Crippen LogP contribution >= 0.6 is 24.0 Å². The molecule has 9 heteroatoms. The first-order valence-corrected chi connectivity index (χ1v) is 10.4. The fourth-order valence-corrected chi connectivity index (χ4v) is 3.35. The summed E-state index contributed by atoms with van der Waals surface area (Å²) < 4.78 is 12.9. The molecule has 1 heterocycles. The molecule has 172 valence electrons. The lowest BCUT2D eigenvalue weighted by atomic mass is 10.1. The summed E-state index contributed by atoms with van der Waals surface area (Å²) in [5.41, 5.74) is 2.78. The number of guanidine groups is 1. The van der Waals surface area contributed by atoms with Gasteiger partial charge in [-0.2, -0.15) is 0 Å². The smallest absolute Gasteiger partial charge is 0.227 e. The monoisotopic (exact) mass is 553 g/mol. The van der Waals surface area contributed by atoms with E-state index in [0.717, 1.165) is 29.8 Å². The Labute approximate surface area is 204 Å². The van der Waals surface area contributed by atoms with E-state index in [1.54, 1.807) is 19.2 Å². The van der Waals surface area contributed by atoms with Crippen molar-refractivity contribution in [2.24, 2.45) is 4.99 Å². The number of nitrogens with zero attached hydrogens (tertiary/aromatic N) is 2. The van der Waals surface area contributed by atoms with E-state index in [-0.39, 0.29) is 48.0 Å². The number of nitrogens with one attached hydrogen (secondary N) is 3. The molecule has 1 saturated heterocycles. The van der Waals surface area contributed by atoms with Gasteiger partial charge in [-0.15, -0.1) is 24.0 Å². The molecule has 0 spiro atoms. The number of anilines is 1. The Hall–Kier alpha value is -2.69. The second-order valence-electron chi connectivity index (χ2n) is 7.32. The number of hydrogen-bond acceptors (Lipinski definition) is 3. The van der Waals surface area contributed by atoms with Gasteiger partial charge >= 0.3 is 0 Å². The number of aliphatic imine (C=N–C) groups is 1. The summed E-state index contributed by atoms with van der Waals surface area (Å²) >= 11 is 0. The highest BCUT2D eigenvalue weighted by Gasteiger charge is 2.21. The molecule has 7 nitrogen and oxygen atoms in total. The van der Waals surface area contributed by atoms with Gasteiger partial charge in [0.15, 0.2) is 5.96 Å². The molecule has 1 aliphatic heterocycles. The molecular weight excluding hydrogens is 524 g/mol. The second-order valence-corrected chi connectivity index (χ2v) is 7.32. The molecule has 3 rings (SSSR count). The van der Waals surface area contributed by atoms with E-state index in [9.17, 15) is 14.0 Å². The van der Waals surface area contributed by atoms with Crippen molar-refractivity contribution in [1.29, 1.82) is 0 Å². The maximum absolute atomic E-state index is 12.9. The van der Waals surface area contributed by atoms with Crippen molar-refractivity contribution in [1.82, 2.24) is 16.0 Å². The minimum absolute atomic E-state index is 0. The fourth-order valence-electron chi connectivity index (χ4n) is 3.35. The molecule has 0 radical (unpaired) electrons. The van der Waals surface area contributed by atoms with Crippen LogP contribution in [-0.4, -0.2) is 44.5 Å². The van der Waals surface area contributed by atoms with Crippen LogP contribution in [0.2, 0.25) is 0 Å². The zero-order valence-corrected chi connectivity index (χ0v) is 20.4. The number of hydrogen-bond donors (Lipinski definition) is 3. The van der Waals surface area contributed by atoms with Crippen LogP contribution in [-0.2, 0) is 22.6 Å². The summed E-state index contributed by atoms with van der Waals surface area (Å²) in [6.07, 6.45) is 1.75. The average Bonchev–Trinajstić information content (AvgIpc) is 3.21.